The van der Waals surface area contributed by atoms with Crippen LogP contribution in [0.4, 0.5) is 0 Å². The number of H-pyrrole nitrogens is 2. The summed E-state index contributed by atoms with van der Waals surface area (Å²) in [5, 5.41) is 14.6. The van der Waals surface area contributed by atoms with Gasteiger partial charge in [-0.3, -0.25) is 9.78 Å². The van der Waals surface area contributed by atoms with E-state index in [-0.39, 0.29) is 11.4 Å². The van der Waals surface area contributed by atoms with E-state index in [4.69, 9.17) is 11.6 Å². The van der Waals surface area contributed by atoms with Gasteiger partial charge in [0.2, 0.25) is 5.88 Å². The monoisotopic (exact) mass is 409 g/mol. The summed E-state index contributed by atoms with van der Waals surface area (Å²) in [6.45, 7) is 0.762. The van der Waals surface area contributed by atoms with E-state index in [0.717, 1.165) is 39.7 Å². The van der Waals surface area contributed by atoms with Gasteiger partial charge in [0.25, 0.3) is 5.56 Å². The third-order valence-electron chi connectivity index (χ3n) is 5.47. The summed E-state index contributed by atoms with van der Waals surface area (Å²) in [5.41, 5.74) is 2.27. The molecule has 2 aromatic carbocycles. The van der Waals surface area contributed by atoms with Crippen LogP contribution in [0.2, 0.25) is 5.02 Å². The first-order valence-corrected chi connectivity index (χ1v) is 9.69. The van der Waals surface area contributed by atoms with Gasteiger partial charge in [0.1, 0.15) is 5.56 Å². The Balaban J connectivity index is 1.74. The third kappa shape index (κ3) is 2.78. The van der Waals surface area contributed by atoms with Crippen LogP contribution in [0.15, 0.2) is 58.1 Å². The van der Waals surface area contributed by atoms with Crippen molar-refractivity contribution in [2.45, 2.75) is 12.5 Å². The molecule has 29 heavy (non-hydrogen) atoms. The van der Waals surface area contributed by atoms with Gasteiger partial charge in [0.15, 0.2) is 6.04 Å². The van der Waals surface area contributed by atoms with Crippen molar-refractivity contribution in [1.29, 1.82) is 0 Å². The molecule has 1 aliphatic rings. The SMILES string of the molecule is O=c1[nH]c(=O)n(-c2ccc(Cl)cc2)c(O)c1[C@H]1[NH2+]CCc2c1[nH]c1ccccc21. The predicted molar refractivity (Wildman–Crippen MR) is 110 cm³/mol. The van der Waals surface area contributed by atoms with Gasteiger partial charge in [-0.2, -0.15) is 0 Å². The van der Waals surface area contributed by atoms with Crippen LogP contribution in [0.5, 0.6) is 5.88 Å². The maximum absolute atomic E-state index is 12.7. The molecule has 3 heterocycles. The standard InChI is InChI=1S/C21H17ClN4O3/c22-11-5-7-12(8-6-11)26-20(28)16(19(27)25-21(26)29)18-17-14(9-10-23-18)13-3-1-2-4-15(13)24-17/h1-8,18,23-24,28H,9-10H2,(H,25,27,29)/p+1/t18-/m1/s1. The second-order valence-corrected chi connectivity index (χ2v) is 7.56. The highest BCUT2D eigenvalue weighted by molar-refractivity contribution is 6.30. The van der Waals surface area contributed by atoms with Gasteiger partial charge >= 0.3 is 5.69 Å². The second kappa shape index (κ2) is 6.65. The molecule has 0 saturated heterocycles. The lowest BCUT2D eigenvalue weighted by atomic mass is 9.95. The van der Waals surface area contributed by atoms with Crippen molar-refractivity contribution in [1.82, 2.24) is 14.5 Å². The van der Waals surface area contributed by atoms with Gasteiger partial charge in [0.05, 0.1) is 17.9 Å². The number of benzene rings is 2. The lowest BCUT2D eigenvalue weighted by Crippen LogP contribution is -2.87. The molecular formula is C21H18ClN4O3+. The molecule has 146 valence electrons. The molecule has 0 saturated carbocycles. The minimum Gasteiger partial charge on any atom is -0.494 e. The molecule has 0 fully saturated rings. The number of hydrogen-bond acceptors (Lipinski definition) is 3. The molecule has 0 radical (unpaired) electrons. The molecule has 5 rings (SSSR count). The molecule has 8 heteroatoms. The largest absolute Gasteiger partial charge is 0.494 e. The quantitative estimate of drug-likeness (QED) is 0.403. The third-order valence-corrected chi connectivity index (χ3v) is 5.72. The van der Waals surface area contributed by atoms with Gasteiger partial charge in [-0.05, 0) is 35.9 Å². The number of quaternary nitrogens is 1. The maximum Gasteiger partial charge on any atom is 0.335 e. The number of halogens is 1. The smallest absolute Gasteiger partial charge is 0.335 e. The Morgan fingerprint density at radius 2 is 1.83 bits per heavy atom. The first-order valence-electron chi connectivity index (χ1n) is 9.31. The Kier molecular flexibility index (Phi) is 4.08. The summed E-state index contributed by atoms with van der Waals surface area (Å²) in [6.07, 6.45) is 0.853. The Morgan fingerprint density at radius 1 is 1.07 bits per heavy atom. The van der Waals surface area contributed by atoms with Crippen molar-refractivity contribution in [3.05, 3.63) is 91.2 Å². The van der Waals surface area contributed by atoms with Gasteiger partial charge < -0.3 is 15.4 Å². The van der Waals surface area contributed by atoms with E-state index in [0.29, 0.717) is 10.7 Å². The number of nitrogens with one attached hydrogen (secondary N) is 2. The lowest BCUT2D eigenvalue weighted by Gasteiger charge is -2.22. The van der Waals surface area contributed by atoms with Crippen LogP contribution in [0, 0.1) is 0 Å². The molecule has 2 aromatic heterocycles. The van der Waals surface area contributed by atoms with Crippen LogP contribution in [-0.2, 0) is 6.42 Å². The highest BCUT2D eigenvalue weighted by atomic mass is 35.5. The Bertz CT molecular complexity index is 1350. The molecule has 5 N–H and O–H groups in total. The summed E-state index contributed by atoms with van der Waals surface area (Å²) in [7, 11) is 0. The van der Waals surface area contributed by atoms with Gasteiger partial charge in [-0.25, -0.2) is 9.36 Å². The number of aromatic hydroxyl groups is 1. The number of rotatable bonds is 2. The predicted octanol–water partition coefficient (Wildman–Crippen LogP) is 1.57. The normalized spacial score (nSPS) is 16.1. The van der Waals surface area contributed by atoms with Crippen LogP contribution in [0.1, 0.15) is 22.9 Å². The maximum atomic E-state index is 12.7. The molecule has 0 spiro atoms. The first-order chi connectivity index (χ1) is 14.0. The van der Waals surface area contributed by atoms with Crippen molar-refractivity contribution >= 4 is 22.5 Å². The van der Waals surface area contributed by atoms with Crippen LogP contribution in [0.25, 0.3) is 16.6 Å². The zero-order valence-electron chi connectivity index (χ0n) is 15.3. The zero-order chi connectivity index (χ0) is 20.1. The summed E-state index contributed by atoms with van der Waals surface area (Å²) < 4.78 is 1.10. The first kappa shape index (κ1) is 17.8. The van der Waals surface area contributed by atoms with Crippen LogP contribution < -0.4 is 16.6 Å². The second-order valence-electron chi connectivity index (χ2n) is 7.12. The summed E-state index contributed by atoms with van der Waals surface area (Å²) in [6, 6.07) is 14.0. The molecular weight excluding hydrogens is 392 g/mol. The molecule has 0 amide bonds. The lowest BCUT2D eigenvalue weighted by molar-refractivity contribution is -0.690. The Labute approximate surface area is 169 Å². The van der Waals surface area contributed by atoms with E-state index in [9.17, 15) is 14.7 Å². The van der Waals surface area contributed by atoms with E-state index >= 15 is 0 Å². The summed E-state index contributed by atoms with van der Waals surface area (Å²) in [4.78, 5) is 31.0. The highest BCUT2D eigenvalue weighted by Crippen LogP contribution is 2.32. The molecule has 0 aliphatic carbocycles. The summed E-state index contributed by atoms with van der Waals surface area (Å²) >= 11 is 5.93. The molecule has 1 aliphatic heterocycles. The average Bonchev–Trinajstić information content (AvgIpc) is 3.09. The number of hydrogen-bond donors (Lipinski definition) is 4. The minimum atomic E-state index is -0.703. The zero-order valence-corrected chi connectivity index (χ0v) is 16.0. The van der Waals surface area contributed by atoms with E-state index in [1.165, 1.54) is 0 Å². The highest BCUT2D eigenvalue weighted by Gasteiger charge is 2.34. The van der Waals surface area contributed by atoms with E-state index in [1.807, 2.05) is 29.6 Å². The molecule has 0 unspecified atom stereocenters. The van der Waals surface area contributed by atoms with Crippen molar-refractivity contribution in [2.24, 2.45) is 0 Å². The van der Waals surface area contributed by atoms with Gasteiger partial charge in [-0.15, -0.1) is 0 Å². The van der Waals surface area contributed by atoms with Gasteiger partial charge in [0, 0.05) is 22.3 Å². The number of nitrogens with two attached hydrogens (primary N) is 1. The number of aromatic nitrogens is 3. The number of fused-ring (bicyclic) bond motifs is 3. The topological polar surface area (TPSA) is 107 Å². The fourth-order valence-corrected chi connectivity index (χ4v) is 4.30. The number of nitrogens with zero attached hydrogens (tertiary/aromatic N) is 1. The fraction of sp³-hybridized carbons (Fsp3) is 0.143. The molecule has 7 nitrogen and oxygen atoms in total. The van der Waals surface area contributed by atoms with Crippen molar-refractivity contribution in [3.8, 4) is 11.6 Å². The average molecular weight is 410 g/mol. The van der Waals surface area contributed by atoms with Crippen molar-refractivity contribution in [2.75, 3.05) is 6.54 Å². The fourth-order valence-electron chi connectivity index (χ4n) is 4.18. The summed E-state index contributed by atoms with van der Waals surface area (Å²) in [5.74, 6) is -0.367. The minimum absolute atomic E-state index is 0.145. The Morgan fingerprint density at radius 3 is 2.62 bits per heavy atom. The van der Waals surface area contributed by atoms with Crippen LogP contribution in [-0.4, -0.2) is 26.2 Å². The van der Waals surface area contributed by atoms with E-state index < -0.39 is 17.3 Å². The van der Waals surface area contributed by atoms with Crippen LogP contribution in [0.3, 0.4) is 0 Å². The van der Waals surface area contributed by atoms with Gasteiger partial charge in [-0.1, -0.05) is 29.8 Å². The molecule has 4 aromatic rings. The molecule has 1 atom stereocenters. The van der Waals surface area contributed by atoms with Crippen LogP contribution >= 0.6 is 11.6 Å². The van der Waals surface area contributed by atoms with E-state index in [2.05, 4.69) is 9.97 Å². The Hall–Kier alpha value is -3.29. The molecule has 0 bridgehead atoms. The number of para-hydroxylation sites is 1. The van der Waals surface area contributed by atoms with E-state index in [1.54, 1.807) is 24.3 Å². The number of aromatic amines is 2. The van der Waals surface area contributed by atoms with Crippen molar-refractivity contribution in [3.63, 3.8) is 0 Å². The van der Waals surface area contributed by atoms with Crippen molar-refractivity contribution < 1.29 is 10.4 Å².